The van der Waals surface area contributed by atoms with Crippen LogP contribution in [0.25, 0.3) is 0 Å². The number of nitrogens with one attached hydrogen (secondary N) is 1. The van der Waals surface area contributed by atoms with Crippen molar-refractivity contribution >= 4 is 5.84 Å². The van der Waals surface area contributed by atoms with E-state index in [-0.39, 0.29) is 0 Å². The third-order valence-corrected chi connectivity index (χ3v) is 3.68. The number of hydrogen-bond donors (Lipinski definition) is 1. The van der Waals surface area contributed by atoms with Gasteiger partial charge in [-0.05, 0) is 45.6 Å². The predicted octanol–water partition coefficient (Wildman–Crippen LogP) is 4.57. The van der Waals surface area contributed by atoms with Crippen LogP contribution in [0.15, 0.2) is 39.7 Å². The van der Waals surface area contributed by atoms with E-state index in [2.05, 4.69) is 57.9 Å². The number of aliphatic imine (C=N–C) groups is 1. The lowest BCUT2D eigenvalue weighted by Gasteiger charge is -2.12. The Labute approximate surface area is 112 Å². The highest BCUT2D eigenvalue weighted by Gasteiger charge is 2.17. The van der Waals surface area contributed by atoms with E-state index in [1.54, 1.807) is 0 Å². The summed E-state index contributed by atoms with van der Waals surface area (Å²) in [5, 5.41) is 3.35. The Morgan fingerprint density at radius 1 is 1.39 bits per heavy atom. The number of rotatable bonds is 4. The third-order valence-electron chi connectivity index (χ3n) is 3.68. The van der Waals surface area contributed by atoms with E-state index in [1.807, 2.05) is 6.20 Å². The van der Waals surface area contributed by atoms with Gasteiger partial charge in [-0.15, -0.1) is 0 Å². The molecule has 0 fully saturated rings. The second-order valence-electron chi connectivity index (χ2n) is 5.17. The molecule has 1 aliphatic heterocycles. The second kappa shape index (κ2) is 6.58. The minimum absolute atomic E-state index is 0.602. The first-order chi connectivity index (χ1) is 8.49. The molecule has 0 saturated heterocycles. The molecule has 0 saturated carbocycles. The van der Waals surface area contributed by atoms with Gasteiger partial charge in [0.15, 0.2) is 0 Å². The number of amidine groups is 1. The molecule has 1 N–H and O–H groups in total. The van der Waals surface area contributed by atoms with Crippen molar-refractivity contribution in [1.29, 1.82) is 0 Å². The van der Waals surface area contributed by atoms with Crippen LogP contribution in [0.5, 0.6) is 0 Å². The van der Waals surface area contributed by atoms with Gasteiger partial charge in [0.05, 0.1) is 0 Å². The van der Waals surface area contributed by atoms with E-state index in [0.717, 1.165) is 12.3 Å². The predicted molar refractivity (Wildman–Crippen MR) is 80.5 cm³/mol. The van der Waals surface area contributed by atoms with Gasteiger partial charge in [-0.1, -0.05) is 31.9 Å². The van der Waals surface area contributed by atoms with Crippen molar-refractivity contribution in [3.8, 4) is 0 Å². The minimum atomic E-state index is 0.602. The Balaban J connectivity index is 3.08. The van der Waals surface area contributed by atoms with Gasteiger partial charge < -0.3 is 5.32 Å². The molecule has 1 atom stereocenters. The molecule has 0 aromatic rings. The summed E-state index contributed by atoms with van der Waals surface area (Å²) in [5.74, 6) is 1.60. The Bertz CT molecular complexity index is 422. The summed E-state index contributed by atoms with van der Waals surface area (Å²) in [7, 11) is 0. The third kappa shape index (κ3) is 3.59. The van der Waals surface area contributed by atoms with E-state index in [1.165, 1.54) is 28.8 Å². The molecule has 0 aromatic carbocycles. The molecule has 1 aliphatic rings. The van der Waals surface area contributed by atoms with Crippen molar-refractivity contribution in [2.24, 2.45) is 10.9 Å². The molecule has 0 bridgehead atoms. The number of nitrogens with zero attached hydrogens (tertiary/aromatic N) is 1. The SMILES string of the molecule is CC/C(C)=C/N=C1\NC(C)=C\C1=C(\C)C(C)CC. The summed E-state index contributed by atoms with van der Waals surface area (Å²) < 4.78 is 0. The Morgan fingerprint density at radius 2 is 2.06 bits per heavy atom. The molecule has 2 heteroatoms. The largest absolute Gasteiger partial charge is 0.344 e. The number of hydrogen-bond acceptors (Lipinski definition) is 1. The Morgan fingerprint density at radius 3 is 2.61 bits per heavy atom. The van der Waals surface area contributed by atoms with Gasteiger partial charge in [0, 0.05) is 17.5 Å². The van der Waals surface area contributed by atoms with Crippen molar-refractivity contribution in [2.75, 3.05) is 0 Å². The van der Waals surface area contributed by atoms with Crippen LogP contribution in [-0.4, -0.2) is 5.84 Å². The maximum Gasteiger partial charge on any atom is 0.137 e. The van der Waals surface area contributed by atoms with Gasteiger partial charge in [-0.25, -0.2) is 4.99 Å². The van der Waals surface area contributed by atoms with Crippen molar-refractivity contribution in [1.82, 2.24) is 5.32 Å². The van der Waals surface area contributed by atoms with Crippen molar-refractivity contribution in [3.63, 3.8) is 0 Å². The molecule has 1 unspecified atom stereocenters. The molecule has 0 aliphatic carbocycles. The molecular weight excluding hydrogens is 220 g/mol. The molecule has 0 amide bonds. The summed E-state index contributed by atoms with van der Waals surface area (Å²) in [6.07, 6.45) is 6.39. The molecule has 18 heavy (non-hydrogen) atoms. The molecule has 2 nitrogen and oxygen atoms in total. The fraction of sp³-hybridized carbons (Fsp3) is 0.562. The maximum atomic E-state index is 4.60. The van der Waals surface area contributed by atoms with Crippen LogP contribution in [0.1, 0.15) is 54.4 Å². The van der Waals surface area contributed by atoms with Crippen LogP contribution >= 0.6 is 0 Å². The molecule has 1 rings (SSSR count). The fourth-order valence-electron chi connectivity index (χ4n) is 1.82. The minimum Gasteiger partial charge on any atom is -0.344 e. The topological polar surface area (TPSA) is 24.4 Å². The molecular formula is C16H26N2. The Hall–Kier alpha value is -1.31. The van der Waals surface area contributed by atoms with Crippen LogP contribution in [0.4, 0.5) is 0 Å². The summed E-state index contributed by atoms with van der Waals surface area (Å²) in [6, 6.07) is 0. The lowest BCUT2D eigenvalue weighted by atomic mass is 9.95. The monoisotopic (exact) mass is 246 g/mol. The first-order valence-corrected chi connectivity index (χ1v) is 6.89. The van der Waals surface area contributed by atoms with E-state index in [0.29, 0.717) is 5.92 Å². The van der Waals surface area contributed by atoms with Crippen LogP contribution in [0.2, 0.25) is 0 Å². The van der Waals surface area contributed by atoms with Gasteiger partial charge in [-0.2, -0.15) is 0 Å². The first kappa shape index (κ1) is 14.7. The summed E-state index contributed by atoms with van der Waals surface area (Å²) in [4.78, 5) is 4.60. The maximum absolute atomic E-state index is 4.60. The van der Waals surface area contributed by atoms with Gasteiger partial charge in [0.25, 0.3) is 0 Å². The molecule has 100 valence electrons. The van der Waals surface area contributed by atoms with Crippen LogP contribution in [-0.2, 0) is 0 Å². The molecule has 1 heterocycles. The zero-order valence-electron chi connectivity index (χ0n) is 12.6. The Kier molecular flexibility index (Phi) is 5.39. The lowest BCUT2D eigenvalue weighted by molar-refractivity contribution is 0.653. The van der Waals surface area contributed by atoms with Crippen LogP contribution in [0, 0.1) is 5.92 Å². The zero-order valence-corrected chi connectivity index (χ0v) is 12.6. The van der Waals surface area contributed by atoms with Gasteiger partial charge >= 0.3 is 0 Å². The second-order valence-corrected chi connectivity index (χ2v) is 5.17. The molecule has 0 radical (unpaired) electrons. The van der Waals surface area contributed by atoms with Gasteiger partial charge in [0.1, 0.15) is 5.84 Å². The quantitative estimate of drug-likeness (QED) is 0.772. The highest BCUT2D eigenvalue weighted by atomic mass is 15.0. The zero-order chi connectivity index (χ0) is 13.7. The first-order valence-electron chi connectivity index (χ1n) is 6.89. The lowest BCUT2D eigenvalue weighted by Crippen LogP contribution is -2.17. The van der Waals surface area contributed by atoms with E-state index >= 15 is 0 Å². The van der Waals surface area contributed by atoms with Crippen molar-refractivity contribution in [2.45, 2.75) is 54.4 Å². The standard InChI is InChI=1S/C16H26N2/c1-7-11(3)10-17-16-15(9-13(5)18-16)14(6)12(4)8-2/h9-10,12H,7-8H2,1-6H3,(H,17,18)/b11-10+,15-14+. The highest BCUT2D eigenvalue weighted by Crippen LogP contribution is 2.23. The van der Waals surface area contributed by atoms with Crippen LogP contribution in [0.3, 0.4) is 0 Å². The van der Waals surface area contributed by atoms with E-state index in [4.69, 9.17) is 0 Å². The fourth-order valence-corrected chi connectivity index (χ4v) is 1.82. The van der Waals surface area contributed by atoms with Crippen molar-refractivity contribution in [3.05, 3.63) is 34.7 Å². The number of allylic oxidation sites excluding steroid dienone is 3. The molecule has 0 spiro atoms. The van der Waals surface area contributed by atoms with Gasteiger partial charge in [0.2, 0.25) is 0 Å². The average Bonchev–Trinajstić information content (AvgIpc) is 2.75. The highest BCUT2D eigenvalue weighted by molar-refractivity contribution is 6.05. The summed E-state index contributed by atoms with van der Waals surface area (Å²) >= 11 is 0. The summed E-state index contributed by atoms with van der Waals surface area (Å²) in [6.45, 7) is 13.1. The molecule has 0 aromatic heterocycles. The van der Waals surface area contributed by atoms with Crippen LogP contribution < -0.4 is 5.32 Å². The van der Waals surface area contributed by atoms with E-state index in [9.17, 15) is 0 Å². The van der Waals surface area contributed by atoms with Gasteiger partial charge in [-0.3, -0.25) is 0 Å². The van der Waals surface area contributed by atoms with E-state index < -0.39 is 0 Å². The smallest absolute Gasteiger partial charge is 0.137 e. The average molecular weight is 246 g/mol. The normalized spacial score (nSPS) is 22.9. The van der Waals surface area contributed by atoms with Crippen molar-refractivity contribution < 1.29 is 0 Å². The summed E-state index contributed by atoms with van der Waals surface area (Å²) in [5.41, 5.74) is 5.16.